The van der Waals surface area contributed by atoms with Crippen molar-refractivity contribution in [3.8, 4) is 6.07 Å². The Balaban J connectivity index is 2.17. The molecule has 0 fully saturated rings. The maximum Gasteiger partial charge on any atom is 0.144 e. The Morgan fingerprint density at radius 2 is 2.22 bits per heavy atom. The molecule has 18 heavy (non-hydrogen) atoms. The number of nitriles is 1. The molecule has 0 aliphatic rings. The molecule has 2 aromatic rings. The molecule has 0 radical (unpaired) electrons. The van der Waals surface area contributed by atoms with Gasteiger partial charge in [0.15, 0.2) is 0 Å². The van der Waals surface area contributed by atoms with Gasteiger partial charge in [-0.25, -0.2) is 9.37 Å². The first-order chi connectivity index (χ1) is 8.70. The van der Waals surface area contributed by atoms with E-state index in [1.54, 1.807) is 30.5 Å². The van der Waals surface area contributed by atoms with Crippen molar-refractivity contribution in [2.75, 3.05) is 5.32 Å². The lowest BCUT2D eigenvalue weighted by atomic mass is 10.2. The average Bonchev–Trinajstić information content (AvgIpc) is 2.40. The van der Waals surface area contributed by atoms with Gasteiger partial charge < -0.3 is 5.32 Å². The fourth-order valence-corrected chi connectivity index (χ4v) is 1.90. The van der Waals surface area contributed by atoms with E-state index in [0.29, 0.717) is 16.9 Å². The predicted molar refractivity (Wildman–Crippen MR) is 70.4 cm³/mol. The van der Waals surface area contributed by atoms with Crippen LogP contribution < -0.4 is 5.32 Å². The molecule has 0 aliphatic carbocycles. The third-order valence-electron chi connectivity index (χ3n) is 2.38. The van der Waals surface area contributed by atoms with Gasteiger partial charge in [0.05, 0.1) is 5.56 Å². The predicted octanol–water partition coefficient (Wildman–Crippen LogP) is 3.47. The van der Waals surface area contributed by atoms with Gasteiger partial charge in [-0.05, 0) is 30.3 Å². The van der Waals surface area contributed by atoms with Crippen LogP contribution in [0, 0.1) is 17.1 Å². The van der Waals surface area contributed by atoms with Crippen molar-refractivity contribution in [3.63, 3.8) is 0 Å². The lowest BCUT2D eigenvalue weighted by molar-refractivity contribution is 0.612. The van der Waals surface area contributed by atoms with Crippen LogP contribution >= 0.6 is 15.9 Å². The Labute approximate surface area is 112 Å². The maximum absolute atomic E-state index is 13.5. The summed E-state index contributed by atoms with van der Waals surface area (Å²) in [6, 6.07) is 10.1. The van der Waals surface area contributed by atoms with Gasteiger partial charge in [0, 0.05) is 22.8 Å². The first-order valence-corrected chi connectivity index (χ1v) is 6.03. The monoisotopic (exact) mass is 305 g/mol. The molecule has 0 saturated carbocycles. The topological polar surface area (TPSA) is 48.7 Å². The smallest absolute Gasteiger partial charge is 0.144 e. The van der Waals surface area contributed by atoms with E-state index >= 15 is 0 Å². The number of halogens is 2. The van der Waals surface area contributed by atoms with E-state index in [4.69, 9.17) is 5.26 Å². The minimum absolute atomic E-state index is 0.275. The maximum atomic E-state index is 13.5. The van der Waals surface area contributed by atoms with Crippen LogP contribution in [0.3, 0.4) is 0 Å². The molecule has 0 aliphatic heterocycles. The molecule has 90 valence electrons. The lowest BCUT2D eigenvalue weighted by Crippen LogP contribution is -2.04. The third-order valence-corrected chi connectivity index (χ3v) is 2.88. The first kappa shape index (κ1) is 12.5. The van der Waals surface area contributed by atoms with Gasteiger partial charge >= 0.3 is 0 Å². The highest BCUT2D eigenvalue weighted by molar-refractivity contribution is 9.10. The molecule has 1 N–H and O–H groups in total. The molecule has 1 heterocycles. The molecule has 5 heteroatoms. The van der Waals surface area contributed by atoms with Gasteiger partial charge in [-0.2, -0.15) is 5.26 Å². The summed E-state index contributed by atoms with van der Waals surface area (Å²) in [6.45, 7) is 0.275. The van der Waals surface area contributed by atoms with Crippen molar-refractivity contribution in [3.05, 3.63) is 57.9 Å². The zero-order valence-electron chi connectivity index (χ0n) is 9.32. The third kappa shape index (κ3) is 2.84. The second-order valence-electron chi connectivity index (χ2n) is 3.60. The largest absolute Gasteiger partial charge is 0.365 e. The van der Waals surface area contributed by atoms with Gasteiger partial charge in [-0.15, -0.1) is 0 Å². The molecule has 3 nitrogen and oxygen atoms in total. The second-order valence-corrected chi connectivity index (χ2v) is 4.52. The van der Waals surface area contributed by atoms with Crippen LogP contribution in [-0.4, -0.2) is 4.98 Å². The van der Waals surface area contributed by atoms with E-state index < -0.39 is 0 Å². The lowest BCUT2D eigenvalue weighted by Gasteiger charge is -2.08. The van der Waals surface area contributed by atoms with Crippen molar-refractivity contribution in [2.24, 2.45) is 0 Å². The van der Waals surface area contributed by atoms with Gasteiger partial charge in [0.25, 0.3) is 0 Å². The molecule has 2 rings (SSSR count). The number of aromatic nitrogens is 1. The molecular weight excluding hydrogens is 297 g/mol. The highest BCUT2D eigenvalue weighted by atomic mass is 79.9. The van der Waals surface area contributed by atoms with Crippen molar-refractivity contribution >= 4 is 21.7 Å². The summed E-state index contributed by atoms with van der Waals surface area (Å²) in [5.74, 6) is 0.166. The number of hydrogen-bond acceptors (Lipinski definition) is 3. The van der Waals surface area contributed by atoms with Crippen LogP contribution in [0.4, 0.5) is 10.2 Å². The van der Waals surface area contributed by atoms with E-state index in [1.165, 1.54) is 6.07 Å². The summed E-state index contributed by atoms with van der Waals surface area (Å²) >= 11 is 3.29. The highest BCUT2D eigenvalue weighted by Gasteiger charge is 2.05. The molecule has 0 spiro atoms. The number of hydrogen-bond donors (Lipinski definition) is 1. The standard InChI is InChI=1S/C13H9BrFN3/c14-11-3-4-12(15)10(6-11)8-18-13-9(7-16)2-1-5-17-13/h1-6H,8H2,(H,17,18). The summed E-state index contributed by atoms with van der Waals surface area (Å²) in [6.07, 6.45) is 1.58. The van der Waals surface area contributed by atoms with E-state index in [-0.39, 0.29) is 12.4 Å². The van der Waals surface area contributed by atoms with E-state index in [9.17, 15) is 4.39 Å². The molecular formula is C13H9BrFN3. The summed E-state index contributed by atoms with van der Waals surface area (Å²) in [5.41, 5.74) is 0.951. The van der Waals surface area contributed by atoms with Crippen LogP contribution in [0.5, 0.6) is 0 Å². The first-order valence-electron chi connectivity index (χ1n) is 5.23. The van der Waals surface area contributed by atoms with Gasteiger partial charge in [0.1, 0.15) is 17.7 Å². The highest BCUT2D eigenvalue weighted by Crippen LogP contribution is 2.17. The quantitative estimate of drug-likeness (QED) is 0.944. The van der Waals surface area contributed by atoms with Crippen molar-refractivity contribution < 1.29 is 4.39 Å². The number of nitrogens with zero attached hydrogens (tertiary/aromatic N) is 2. The Bertz CT molecular complexity index is 607. The molecule has 0 unspecified atom stereocenters. The normalized spacial score (nSPS) is 9.83. The molecule has 1 aromatic heterocycles. The van der Waals surface area contributed by atoms with Gasteiger partial charge in [-0.3, -0.25) is 0 Å². The Kier molecular flexibility index (Phi) is 3.90. The zero-order valence-corrected chi connectivity index (χ0v) is 10.9. The number of nitrogens with one attached hydrogen (secondary N) is 1. The molecule has 0 atom stereocenters. The second kappa shape index (κ2) is 5.61. The fourth-order valence-electron chi connectivity index (χ4n) is 1.49. The number of anilines is 1. The minimum atomic E-state index is -0.292. The minimum Gasteiger partial charge on any atom is -0.365 e. The van der Waals surface area contributed by atoms with Crippen molar-refractivity contribution in [1.29, 1.82) is 5.26 Å². The summed E-state index contributed by atoms with van der Waals surface area (Å²) in [7, 11) is 0. The fraction of sp³-hybridized carbons (Fsp3) is 0.0769. The average molecular weight is 306 g/mol. The van der Waals surface area contributed by atoms with Crippen LogP contribution in [0.25, 0.3) is 0 Å². The molecule has 0 bridgehead atoms. The summed E-state index contributed by atoms with van der Waals surface area (Å²) < 4.78 is 14.3. The Morgan fingerprint density at radius 3 is 3.00 bits per heavy atom. The number of rotatable bonds is 3. The summed E-state index contributed by atoms with van der Waals surface area (Å²) in [5, 5.41) is 11.9. The molecule has 0 amide bonds. The number of benzene rings is 1. The SMILES string of the molecule is N#Cc1cccnc1NCc1cc(Br)ccc1F. The van der Waals surface area contributed by atoms with E-state index in [2.05, 4.69) is 26.2 Å². The van der Waals surface area contributed by atoms with Crippen LogP contribution in [0.2, 0.25) is 0 Å². The Morgan fingerprint density at radius 1 is 1.39 bits per heavy atom. The zero-order chi connectivity index (χ0) is 13.0. The van der Waals surface area contributed by atoms with E-state index in [1.807, 2.05) is 6.07 Å². The molecule has 0 saturated heterocycles. The number of pyridine rings is 1. The molecule has 1 aromatic carbocycles. The van der Waals surface area contributed by atoms with Crippen LogP contribution in [0.1, 0.15) is 11.1 Å². The Hall–Kier alpha value is -1.93. The van der Waals surface area contributed by atoms with Gasteiger partial charge in [-0.1, -0.05) is 15.9 Å². The van der Waals surface area contributed by atoms with Gasteiger partial charge in [0.2, 0.25) is 0 Å². The van der Waals surface area contributed by atoms with Crippen molar-refractivity contribution in [1.82, 2.24) is 4.98 Å². The van der Waals surface area contributed by atoms with Crippen molar-refractivity contribution in [2.45, 2.75) is 6.54 Å². The summed E-state index contributed by atoms with van der Waals surface area (Å²) in [4.78, 5) is 4.05. The van der Waals surface area contributed by atoms with Crippen LogP contribution in [0.15, 0.2) is 41.0 Å². The van der Waals surface area contributed by atoms with Crippen LogP contribution in [-0.2, 0) is 6.54 Å². The van der Waals surface area contributed by atoms with E-state index in [0.717, 1.165) is 4.47 Å².